The first-order chi connectivity index (χ1) is 13.7. The molecule has 28 heavy (non-hydrogen) atoms. The topological polar surface area (TPSA) is 87.5 Å². The van der Waals surface area contributed by atoms with Crippen molar-refractivity contribution in [3.05, 3.63) is 54.6 Å². The lowest BCUT2D eigenvalue weighted by atomic mass is 10.1. The van der Waals surface area contributed by atoms with Gasteiger partial charge >= 0.3 is 0 Å². The maximum absolute atomic E-state index is 12.8. The highest BCUT2D eigenvalue weighted by Crippen LogP contribution is 2.30. The van der Waals surface area contributed by atoms with Gasteiger partial charge in [-0.25, -0.2) is 0 Å². The zero-order valence-electron chi connectivity index (χ0n) is 15.4. The van der Waals surface area contributed by atoms with E-state index in [1.165, 1.54) is 14.2 Å². The monoisotopic (exact) mass is 378 g/mol. The van der Waals surface area contributed by atoms with Gasteiger partial charge in [-0.3, -0.25) is 9.36 Å². The molecule has 0 aliphatic heterocycles. The molecule has 8 nitrogen and oxygen atoms in total. The third kappa shape index (κ3) is 4.04. The number of nitrogens with zero attached hydrogens (tertiary/aromatic N) is 3. The highest BCUT2D eigenvalue weighted by atomic mass is 16.5. The molecule has 1 aromatic heterocycles. The number of carbonyl (C=O) groups excluding carboxylic acids is 1. The summed E-state index contributed by atoms with van der Waals surface area (Å²) in [4.78, 5) is 12.8. The van der Waals surface area contributed by atoms with Gasteiger partial charge < -0.3 is 19.5 Å². The van der Waals surface area contributed by atoms with Crippen LogP contribution in [0.15, 0.2) is 49.1 Å². The summed E-state index contributed by atoms with van der Waals surface area (Å²) in [6.45, 7) is 0.0657. The number of carbonyl (C=O) groups is 1. The SMILES string of the molecule is C#CCOc1cc(C(=O)Nc2cc(-n3cnnc3)ccc2OC)ccc1OC. The molecule has 1 N–H and O–H groups in total. The van der Waals surface area contributed by atoms with Crippen molar-refractivity contribution in [2.75, 3.05) is 26.1 Å². The average molecular weight is 378 g/mol. The van der Waals surface area contributed by atoms with Gasteiger partial charge in [-0.1, -0.05) is 5.92 Å². The lowest BCUT2D eigenvalue weighted by Gasteiger charge is -2.14. The van der Waals surface area contributed by atoms with Crippen LogP contribution in [0.25, 0.3) is 5.69 Å². The number of terminal acetylenes is 1. The maximum atomic E-state index is 12.8. The lowest BCUT2D eigenvalue weighted by Crippen LogP contribution is -2.13. The fourth-order valence-electron chi connectivity index (χ4n) is 2.53. The minimum absolute atomic E-state index is 0.0657. The van der Waals surface area contributed by atoms with Gasteiger partial charge in [0.1, 0.15) is 25.0 Å². The molecule has 8 heteroatoms. The van der Waals surface area contributed by atoms with Gasteiger partial charge in [0.15, 0.2) is 11.5 Å². The number of benzene rings is 2. The van der Waals surface area contributed by atoms with E-state index in [4.69, 9.17) is 20.6 Å². The highest BCUT2D eigenvalue weighted by molar-refractivity contribution is 6.05. The van der Waals surface area contributed by atoms with Gasteiger partial charge in [-0.05, 0) is 36.4 Å². The first-order valence-corrected chi connectivity index (χ1v) is 8.25. The highest BCUT2D eigenvalue weighted by Gasteiger charge is 2.14. The van der Waals surface area contributed by atoms with Crippen molar-refractivity contribution >= 4 is 11.6 Å². The third-order valence-corrected chi connectivity index (χ3v) is 3.88. The maximum Gasteiger partial charge on any atom is 0.255 e. The molecule has 2 aromatic carbocycles. The number of anilines is 1. The van der Waals surface area contributed by atoms with Crippen molar-refractivity contribution in [3.63, 3.8) is 0 Å². The molecule has 0 spiro atoms. The number of rotatable bonds is 7. The Labute approximate surface area is 162 Å². The first-order valence-electron chi connectivity index (χ1n) is 8.25. The Hall–Kier alpha value is -3.99. The standard InChI is InChI=1S/C20H18N4O4/c1-4-9-28-19-10-14(5-7-18(19)27-3)20(25)23-16-11-15(6-8-17(16)26-2)24-12-21-22-13-24/h1,5-8,10-13H,9H2,2-3H3,(H,23,25). The smallest absolute Gasteiger partial charge is 0.255 e. The number of nitrogens with one attached hydrogen (secondary N) is 1. The van der Waals surface area contributed by atoms with Crippen LogP contribution in [0.2, 0.25) is 0 Å². The molecule has 0 atom stereocenters. The van der Waals surface area contributed by atoms with Crippen molar-refractivity contribution in [1.82, 2.24) is 14.8 Å². The van der Waals surface area contributed by atoms with E-state index in [0.29, 0.717) is 28.5 Å². The third-order valence-electron chi connectivity index (χ3n) is 3.88. The predicted molar refractivity (Wildman–Crippen MR) is 103 cm³/mol. The van der Waals surface area contributed by atoms with Crippen molar-refractivity contribution in [3.8, 4) is 35.3 Å². The van der Waals surface area contributed by atoms with Crippen molar-refractivity contribution in [2.45, 2.75) is 0 Å². The summed E-state index contributed by atoms with van der Waals surface area (Å²) in [5.41, 5.74) is 1.65. The van der Waals surface area contributed by atoms with Crippen LogP contribution in [-0.2, 0) is 0 Å². The molecule has 0 radical (unpaired) electrons. The van der Waals surface area contributed by atoms with Gasteiger partial charge in [0.2, 0.25) is 0 Å². The minimum atomic E-state index is -0.340. The van der Waals surface area contributed by atoms with Gasteiger partial charge in [-0.15, -0.1) is 16.6 Å². The second-order valence-corrected chi connectivity index (χ2v) is 5.57. The molecule has 0 saturated carbocycles. The Bertz CT molecular complexity index is 1010. The fraction of sp³-hybridized carbons (Fsp3) is 0.150. The van der Waals surface area contributed by atoms with Crippen molar-refractivity contribution < 1.29 is 19.0 Å². The van der Waals surface area contributed by atoms with Crippen LogP contribution in [0, 0.1) is 12.3 Å². The number of methoxy groups -OCH3 is 2. The van der Waals surface area contributed by atoms with E-state index in [1.807, 2.05) is 6.07 Å². The summed E-state index contributed by atoms with van der Waals surface area (Å²) in [5.74, 6) is 3.43. The molecule has 142 valence electrons. The van der Waals surface area contributed by atoms with Gasteiger partial charge in [0.25, 0.3) is 5.91 Å². The second kappa shape index (κ2) is 8.60. The summed E-state index contributed by atoms with van der Waals surface area (Å²) >= 11 is 0. The average Bonchev–Trinajstić information content (AvgIpc) is 3.26. The molecular weight excluding hydrogens is 360 g/mol. The Morgan fingerprint density at radius 2 is 1.79 bits per heavy atom. The van der Waals surface area contributed by atoms with E-state index in [2.05, 4.69) is 21.4 Å². The number of amides is 1. The fourth-order valence-corrected chi connectivity index (χ4v) is 2.53. The van der Waals surface area contributed by atoms with Crippen LogP contribution in [0.4, 0.5) is 5.69 Å². The molecule has 3 aromatic rings. The van der Waals surface area contributed by atoms with Crippen LogP contribution in [0.3, 0.4) is 0 Å². The molecule has 3 rings (SSSR count). The largest absolute Gasteiger partial charge is 0.495 e. The van der Waals surface area contributed by atoms with Crippen LogP contribution in [0.5, 0.6) is 17.2 Å². The van der Waals surface area contributed by atoms with Crippen LogP contribution < -0.4 is 19.5 Å². The van der Waals surface area contributed by atoms with E-state index < -0.39 is 0 Å². The molecule has 0 bridgehead atoms. The normalized spacial score (nSPS) is 10.0. The molecular formula is C20H18N4O4. The Morgan fingerprint density at radius 1 is 1.07 bits per heavy atom. The predicted octanol–water partition coefficient (Wildman–Crippen LogP) is 2.55. The van der Waals surface area contributed by atoms with E-state index in [-0.39, 0.29) is 12.5 Å². The van der Waals surface area contributed by atoms with Crippen LogP contribution in [-0.4, -0.2) is 41.5 Å². The van der Waals surface area contributed by atoms with Crippen LogP contribution >= 0.6 is 0 Å². The molecule has 0 aliphatic rings. The number of hydrogen-bond donors (Lipinski definition) is 1. The summed E-state index contributed by atoms with van der Waals surface area (Å²) in [5, 5.41) is 10.4. The van der Waals surface area contributed by atoms with Crippen LogP contribution in [0.1, 0.15) is 10.4 Å². The number of aromatic nitrogens is 3. The number of ether oxygens (including phenoxy) is 3. The van der Waals surface area contributed by atoms with Gasteiger partial charge in [0, 0.05) is 5.56 Å². The number of hydrogen-bond acceptors (Lipinski definition) is 6. The van der Waals surface area contributed by atoms with Crippen molar-refractivity contribution in [1.29, 1.82) is 0 Å². The molecule has 1 amide bonds. The molecule has 0 unspecified atom stereocenters. The summed E-state index contributed by atoms with van der Waals surface area (Å²) in [6, 6.07) is 10.2. The van der Waals surface area contributed by atoms with E-state index in [9.17, 15) is 4.79 Å². The van der Waals surface area contributed by atoms with Crippen molar-refractivity contribution in [2.24, 2.45) is 0 Å². The summed E-state index contributed by atoms with van der Waals surface area (Å²) in [7, 11) is 3.04. The summed E-state index contributed by atoms with van der Waals surface area (Å²) < 4.78 is 17.7. The van der Waals surface area contributed by atoms with E-state index >= 15 is 0 Å². The lowest BCUT2D eigenvalue weighted by molar-refractivity contribution is 0.102. The quantitative estimate of drug-likeness (QED) is 0.636. The van der Waals surface area contributed by atoms with E-state index in [1.54, 1.807) is 47.6 Å². The zero-order valence-corrected chi connectivity index (χ0v) is 15.4. The molecule has 0 saturated heterocycles. The first kappa shape index (κ1) is 18.8. The van der Waals surface area contributed by atoms with E-state index in [0.717, 1.165) is 5.69 Å². The minimum Gasteiger partial charge on any atom is -0.495 e. The Kier molecular flexibility index (Phi) is 5.77. The molecule has 0 fully saturated rings. The van der Waals surface area contributed by atoms with Gasteiger partial charge in [0.05, 0.1) is 25.6 Å². The molecule has 1 heterocycles. The Morgan fingerprint density at radius 3 is 2.46 bits per heavy atom. The zero-order chi connectivity index (χ0) is 19.9. The second-order valence-electron chi connectivity index (χ2n) is 5.57. The molecule has 0 aliphatic carbocycles. The Balaban J connectivity index is 1.88. The van der Waals surface area contributed by atoms with Gasteiger partial charge in [-0.2, -0.15) is 0 Å². The summed E-state index contributed by atoms with van der Waals surface area (Å²) in [6.07, 6.45) is 8.36.